The van der Waals surface area contributed by atoms with Crippen LogP contribution < -0.4 is 4.72 Å². The van der Waals surface area contributed by atoms with Crippen molar-refractivity contribution in [3.05, 3.63) is 34.9 Å². The zero-order valence-corrected chi connectivity index (χ0v) is 12.0. The number of rotatable bonds is 4. The van der Waals surface area contributed by atoms with Crippen LogP contribution >= 0.6 is 11.6 Å². The molecule has 0 fully saturated rings. The molecular formula is C10H8ClFN4O4S. The van der Waals surface area contributed by atoms with Gasteiger partial charge in [-0.2, -0.15) is 10.1 Å². The summed E-state index contributed by atoms with van der Waals surface area (Å²) in [5.41, 5.74) is -0.657. The number of nitrogens with zero attached hydrogens (tertiary/aromatic N) is 3. The Kier molecular flexibility index (Phi) is 3.83. The third-order valence-electron chi connectivity index (χ3n) is 2.48. The number of aromatic nitrogens is 3. The van der Waals surface area contributed by atoms with Crippen LogP contribution in [0, 0.1) is 5.82 Å². The molecule has 0 saturated carbocycles. The molecule has 0 aliphatic rings. The third kappa shape index (κ3) is 2.95. The summed E-state index contributed by atoms with van der Waals surface area (Å²) in [6.07, 6.45) is 1.11. The van der Waals surface area contributed by atoms with E-state index in [1.165, 1.54) is 7.05 Å². The number of nitrogens with one attached hydrogen (secondary N) is 1. The minimum absolute atomic E-state index is 0.109. The highest BCUT2D eigenvalue weighted by Crippen LogP contribution is 2.25. The molecule has 1 aromatic heterocycles. The lowest BCUT2D eigenvalue weighted by Gasteiger charge is -2.09. The number of carboxylic acids is 1. The molecule has 11 heteroatoms. The molecule has 2 N–H and O–H groups in total. The molecule has 8 nitrogen and oxygen atoms in total. The molecule has 1 aromatic carbocycles. The molecule has 0 atom stereocenters. The number of anilines is 1. The number of sulfonamides is 1. The van der Waals surface area contributed by atoms with E-state index in [4.69, 9.17) is 16.7 Å². The van der Waals surface area contributed by atoms with Gasteiger partial charge in [-0.05, 0) is 12.1 Å². The van der Waals surface area contributed by atoms with Gasteiger partial charge in [0.05, 0.1) is 15.5 Å². The van der Waals surface area contributed by atoms with Crippen LogP contribution in [0.2, 0.25) is 5.02 Å². The lowest BCUT2D eigenvalue weighted by molar-refractivity contribution is 0.0696. The zero-order valence-electron chi connectivity index (χ0n) is 10.4. The first-order valence-corrected chi connectivity index (χ1v) is 7.17. The van der Waals surface area contributed by atoms with Crippen LogP contribution in [0.4, 0.5) is 10.3 Å². The number of carboxylic acid groups (broad SMARTS) is 1. The first kappa shape index (κ1) is 15.2. The molecular weight excluding hydrogens is 327 g/mol. The van der Waals surface area contributed by atoms with Crippen molar-refractivity contribution in [1.82, 2.24) is 14.8 Å². The van der Waals surface area contributed by atoms with Gasteiger partial charge in [-0.15, -0.1) is 0 Å². The predicted molar refractivity (Wildman–Crippen MR) is 70.2 cm³/mol. The second-order valence-corrected chi connectivity index (χ2v) is 5.94. The van der Waals surface area contributed by atoms with Crippen LogP contribution in [0.1, 0.15) is 10.4 Å². The first-order valence-electron chi connectivity index (χ1n) is 5.31. The van der Waals surface area contributed by atoms with E-state index < -0.39 is 37.3 Å². The maximum Gasteiger partial charge on any atom is 0.337 e. The van der Waals surface area contributed by atoms with E-state index in [1.807, 2.05) is 0 Å². The van der Waals surface area contributed by atoms with Crippen LogP contribution in [-0.4, -0.2) is 34.3 Å². The summed E-state index contributed by atoms with van der Waals surface area (Å²) in [5, 5.41) is 11.9. The number of halogens is 2. The smallest absolute Gasteiger partial charge is 0.337 e. The van der Waals surface area contributed by atoms with Crippen molar-refractivity contribution < 1.29 is 22.7 Å². The topological polar surface area (TPSA) is 114 Å². The highest BCUT2D eigenvalue weighted by atomic mass is 35.5. The van der Waals surface area contributed by atoms with E-state index in [2.05, 4.69) is 14.8 Å². The fourth-order valence-corrected chi connectivity index (χ4v) is 2.71. The lowest BCUT2D eigenvalue weighted by atomic mass is 10.2. The fourth-order valence-electron chi connectivity index (χ4n) is 1.44. The van der Waals surface area contributed by atoms with Crippen molar-refractivity contribution in [2.75, 3.05) is 4.72 Å². The van der Waals surface area contributed by atoms with E-state index in [1.54, 1.807) is 0 Å². The SMILES string of the molecule is Cn1ncnc1NS(=O)(=O)c1cc(F)c(Cl)c(C(=O)O)c1. The Balaban J connectivity index is 2.50. The summed E-state index contributed by atoms with van der Waals surface area (Å²) in [4.78, 5) is 14.0. The van der Waals surface area contributed by atoms with Crippen LogP contribution in [0.5, 0.6) is 0 Å². The van der Waals surface area contributed by atoms with Crippen molar-refractivity contribution in [3.8, 4) is 0 Å². The van der Waals surface area contributed by atoms with Gasteiger partial charge in [0.1, 0.15) is 12.1 Å². The van der Waals surface area contributed by atoms with Gasteiger partial charge in [0.15, 0.2) is 0 Å². The highest BCUT2D eigenvalue weighted by Gasteiger charge is 2.23. The van der Waals surface area contributed by atoms with Crippen molar-refractivity contribution in [2.24, 2.45) is 7.05 Å². The van der Waals surface area contributed by atoms with E-state index in [-0.39, 0.29) is 5.95 Å². The van der Waals surface area contributed by atoms with E-state index >= 15 is 0 Å². The highest BCUT2D eigenvalue weighted by molar-refractivity contribution is 7.92. The monoisotopic (exact) mass is 334 g/mol. The van der Waals surface area contributed by atoms with Gasteiger partial charge in [0.25, 0.3) is 10.0 Å². The number of hydrogen-bond donors (Lipinski definition) is 2. The molecule has 0 bridgehead atoms. The zero-order chi connectivity index (χ0) is 15.8. The maximum absolute atomic E-state index is 13.6. The van der Waals surface area contributed by atoms with Crippen LogP contribution in [0.25, 0.3) is 0 Å². The summed E-state index contributed by atoms with van der Waals surface area (Å²) in [6, 6.07) is 1.37. The first-order chi connectivity index (χ1) is 9.72. The molecule has 0 aliphatic carbocycles. The molecule has 0 amide bonds. The summed E-state index contributed by atoms with van der Waals surface area (Å²) >= 11 is 5.48. The average Bonchev–Trinajstić information content (AvgIpc) is 2.77. The number of aromatic carboxylic acids is 1. The van der Waals surface area contributed by atoms with Gasteiger partial charge in [-0.1, -0.05) is 11.6 Å². The van der Waals surface area contributed by atoms with Gasteiger partial charge in [0, 0.05) is 7.05 Å². The Labute approximate surface area is 123 Å². The summed E-state index contributed by atoms with van der Waals surface area (Å²) in [7, 11) is -2.80. The Bertz CT molecular complexity index is 820. The van der Waals surface area contributed by atoms with Crippen LogP contribution in [0.3, 0.4) is 0 Å². The van der Waals surface area contributed by atoms with E-state index in [9.17, 15) is 17.6 Å². The Morgan fingerprint density at radius 3 is 2.67 bits per heavy atom. The van der Waals surface area contributed by atoms with Gasteiger partial charge < -0.3 is 5.11 Å². The Morgan fingerprint density at radius 2 is 2.14 bits per heavy atom. The third-order valence-corrected chi connectivity index (χ3v) is 4.17. The summed E-state index contributed by atoms with van der Waals surface area (Å²) < 4.78 is 41.0. The largest absolute Gasteiger partial charge is 0.478 e. The van der Waals surface area contributed by atoms with E-state index in [0.29, 0.717) is 6.07 Å². The standard InChI is InChI=1S/C10H8ClFN4O4S/c1-16-10(13-4-14-16)15-21(19,20)5-2-6(9(17)18)8(11)7(12)3-5/h2-4H,1H3,(H,17,18)(H,13,14,15). The minimum Gasteiger partial charge on any atom is -0.478 e. The second kappa shape index (κ2) is 5.30. The van der Waals surface area contributed by atoms with Crippen molar-refractivity contribution >= 4 is 33.5 Å². The normalized spacial score (nSPS) is 11.4. The van der Waals surface area contributed by atoms with Gasteiger partial charge in [-0.3, -0.25) is 0 Å². The molecule has 2 aromatic rings. The molecule has 0 aliphatic heterocycles. The maximum atomic E-state index is 13.6. The van der Waals surface area contributed by atoms with Crippen molar-refractivity contribution in [1.29, 1.82) is 0 Å². The van der Waals surface area contributed by atoms with Gasteiger partial charge in [0.2, 0.25) is 5.95 Å². The molecule has 0 unspecified atom stereocenters. The molecule has 0 saturated heterocycles. The lowest BCUT2D eigenvalue weighted by Crippen LogP contribution is -2.17. The molecule has 0 spiro atoms. The average molecular weight is 335 g/mol. The minimum atomic E-state index is -4.24. The fraction of sp³-hybridized carbons (Fsp3) is 0.100. The second-order valence-electron chi connectivity index (χ2n) is 3.88. The number of hydrogen-bond acceptors (Lipinski definition) is 5. The predicted octanol–water partition coefficient (Wildman–Crippen LogP) is 1.11. The van der Waals surface area contributed by atoms with Gasteiger partial charge in [-0.25, -0.2) is 27.0 Å². The quantitative estimate of drug-likeness (QED) is 0.865. The number of benzene rings is 1. The summed E-state index contributed by atoms with van der Waals surface area (Å²) in [5.74, 6) is -2.81. The molecule has 2 rings (SSSR count). The summed E-state index contributed by atoms with van der Waals surface area (Å²) in [6.45, 7) is 0. The number of aryl methyl sites for hydroxylation is 1. The van der Waals surface area contributed by atoms with Crippen molar-refractivity contribution in [3.63, 3.8) is 0 Å². The Morgan fingerprint density at radius 1 is 1.48 bits per heavy atom. The number of carbonyl (C=O) groups is 1. The van der Waals surface area contributed by atoms with Crippen LogP contribution in [-0.2, 0) is 17.1 Å². The molecule has 112 valence electrons. The molecule has 21 heavy (non-hydrogen) atoms. The van der Waals surface area contributed by atoms with Gasteiger partial charge >= 0.3 is 5.97 Å². The molecule has 0 radical (unpaired) electrons. The Hall–Kier alpha value is -2.20. The van der Waals surface area contributed by atoms with Crippen LogP contribution in [0.15, 0.2) is 23.4 Å². The van der Waals surface area contributed by atoms with Crippen molar-refractivity contribution in [2.45, 2.75) is 4.90 Å². The van der Waals surface area contributed by atoms with E-state index in [0.717, 1.165) is 17.1 Å². The molecule has 1 heterocycles.